The van der Waals surface area contributed by atoms with Crippen molar-refractivity contribution in [3.05, 3.63) is 76.4 Å². The Morgan fingerprint density at radius 1 is 1.17 bits per heavy atom. The van der Waals surface area contributed by atoms with Crippen molar-refractivity contribution in [1.82, 2.24) is 9.88 Å². The zero-order valence-corrected chi connectivity index (χ0v) is 14.1. The van der Waals surface area contributed by atoms with Crippen LogP contribution in [0.15, 0.2) is 54.6 Å². The average molecular weight is 337 g/mol. The number of hydrogen-bond acceptors (Lipinski definition) is 2. The van der Waals surface area contributed by atoms with Gasteiger partial charge in [0.2, 0.25) is 0 Å². The minimum Gasteiger partial charge on any atom is -0.335 e. The fourth-order valence-corrected chi connectivity index (χ4v) is 3.67. The van der Waals surface area contributed by atoms with Gasteiger partial charge in [-0.1, -0.05) is 35.9 Å². The fourth-order valence-electron chi connectivity index (χ4n) is 3.52. The highest BCUT2D eigenvalue weighted by molar-refractivity contribution is 6.29. The molecule has 0 saturated heterocycles. The van der Waals surface area contributed by atoms with Gasteiger partial charge in [-0.3, -0.25) is 4.79 Å². The van der Waals surface area contributed by atoms with Crippen molar-refractivity contribution >= 4 is 28.4 Å². The number of amides is 1. The minimum atomic E-state index is 0.0357. The topological polar surface area (TPSA) is 33.2 Å². The van der Waals surface area contributed by atoms with Crippen molar-refractivity contribution < 1.29 is 4.79 Å². The summed E-state index contributed by atoms with van der Waals surface area (Å²) >= 11 is 5.92. The van der Waals surface area contributed by atoms with Crippen molar-refractivity contribution in [3.63, 3.8) is 0 Å². The summed E-state index contributed by atoms with van der Waals surface area (Å²) in [6.07, 6.45) is 2.00. The quantitative estimate of drug-likeness (QED) is 0.638. The van der Waals surface area contributed by atoms with Crippen molar-refractivity contribution in [3.8, 4) is 0 Å². The second-order valence-electron chi connectivity index (χ2n) is 6.21. The van der Waals surface area contributed by atoms with Gasteiger partial charge >= 0.3 is 0 Å². The Morgan fingerprint density at radius 3 is 2.88 bits per heavy atom. The standard InChI is InChI=1S/C20H17ClN2O/c1-23(18-10-7-13-4-2-3-5-16(13)18)20(24)15-6-9-17-14(12-15)8-11-19(21)22-17/h2-6,8-9,11-12,18H,7,10H2,1H3. The molecule has 0 N–H and O–H groups in total. The third kappa shape index (κ3) is 2.55. The van der Waals surface area contributed by atoms with Crippen LogP contribution in [-0.4, -0.2) is 22.8 Å². The molecule has 1 atom stereocenters. The van der Waals surface area contributed by atoms with E-state index in [9.17, 15) is 4.79 Å². The van der Waals surface area contributed by atoms with Crippen LogP contribution in [0.25, 0.3) is 10.9 Å². The van der Waals surface area contributed by atoms with Crippen LogP contribution in [-0.2, 0) is 6.42 Å². The molecule has 1 aromatic heterocycles. The summed E-state index contributed by atoms with van der Waals surface area (Å²) < 4.78 is 0. The molecule has 120 valence electrons. The first-order chi connectivity index (χ1) is 11.6. The van der Waals surface area contributed by atoms with Crippen molar-refractivity contribution in [2.45, 2.75) is 18.9 Å². The Hall–Kier alpha value is -2.39. The Labute approximate surface area is 145 Å². The molecule has 1 aliphatic carbocycles. The number of nitrogens with zero attached hydrogens (tertiary/aromatic N) is 2. The van der Waals surface area contributed by atoms with Gasteiger partial charge in [-0.15, -0.1) is 0 Å². The van der Waals surface area contributed by atoms with E-state index in [-0.39, 0.29) is 11.9 Å². The first kappa shape index (κ1) is 15.2. The van der Waals surface area contributed by atoms with Crippen LogP contribution < -0.4 is 0 Å². The summed E-state index contributed by atoms with van der Waals surface area (Å²) in [6.45, 7) is 0. The smallest absolute Gasteiger partial charge is 0.254 e. The highest BCUT2D eigenvalue weighted by atomic mass is 35.5. The molecule has 1 aliphatic rings. The number of benzene rings is 2. The predicted molar refractivity (Wildman–Crippen MR) is 96.4 cm³/mol. The zero-order valence-electron chi connectivity index (χ0n) is 13.4. The van der Waals surface area contributed by atoms with Gasteiger partial charge in [-0.2, -0.15) is 0 Å². The molecule has 0 saturated carbocycles. The summed E-state index contributed by atoms with van der Waals surface area (Å²) in [5.74, 6) is 0.0357. The molecule has 24 heavy (non-hydrogen) atoms. The third-order valence-corrected chi connectivity index (χ3v) is 5.00. The van der Waals surface area contributed by atoms with Crippen LogP contribution in [0.1, 0.15) is 33.9 Å². The summed E-state index contributed by atoms with van der Waals surface area (Å²) in [5, 5.41) is 1.38. The molecule has 1 unspecified atom stereocenters. The lowest BCUT2D eigenvalue weighted by Crippen LogP contribution is -2.30. The molecule has 3 nitrogen and oxygen atoms in total. The van der Waals surface area contributed by atoms with Crippen molar-refractivity contribution in [1.29, 1.82) is 0 Å². The first-order valence-corrected chi connectivity index (χ1v) is 8.42. The molecule has 4 rings (SSSR count). The van der Waals surface area contributed by atoms with E-state index in [1.165, 1.54) is 11.1 Å². The number of pyridine rings is 1. The molecule has 2 aromatic carbocycles. The summed E-state index contributed by atoms with van der Waals surface area (Å²) in [6, 6.07) is 17.7. The SMILES string of the molecule is CN(C(=O)c1ccc2nc(Cl)ccc2c1)C1CCc2ccccc21. The number of aryl methyl sites for hydroxylation is 1. The number of hydrogen-bond donors (Lipinski definition) is 0. The maximum atomic E-state index is 12.9. The van der Waals surface area contributed by atoms with Crippen molar-refractivity contribution in [2.24, 2.45) is 0 Å². The molecule has 4 heteroatoms. The predicted octanol–water partition coefficient (Wildman–Crippen LogP) is 4.65. The number of carbonyl (C=O) groups is 1. The van der Waals surface area contributed by atoms with Gasteiger partial charge in [0.15, 0.2) is 0 Å². The molecule has 3 aromatic rings. The van der Waals surface area contributed by atoms with E-state index in [1.807, 2.05) is 42.3 Å². The van der Waals surface area contributed by atoms with E-state index < -0.39 is 0 Å². The molecule has 0 fully saturated rings. The van der Waals surface area contributed by atoms with Crippen LogP contribution >= 0.6 is 11.6 Å². The Balaban J connectivity index is 1.65. The third-order valence-electron chi connectivity index (χ3n) is 4.79. The minimum absolute atomic E-state index is 0.0357. The van der Waals surface area contributed by atoms with E-state index in [1.54, 1.807) is 6.07 Å². The largest absolute Gasteiger partial charge is 0.335 e. The summed E-state index contributed by atoms with van der Waals surface area (Å²) in [4.78, 5) is 19.1. The van der Waals surface area contributed by atoms with E-state index in [4.69, 9.17) is 11.6 Å². The Bertz CT molecular complexity index is 938. The van der Waals surface area contributed by atoms with Crippen LogP contribution in [0.3, 0.4) is 0 Å². The van der Waals surface area contributed by atoms with E-state index in [0.29, 0.717) is 10.7 Å². The number of fused-ring (bicyclic) bond motifs is 2. The van der Waals surface area contributed by atoms with E-state index >= 15 is 0 Å². The summed E-state index contributed by atoms with van der Waals surface area (Å²) in [5.41, 5.74) is 4.09. The maximum absolute atomic E-state index is 12.9. The maximum Gasteiger partial charge on any atom is 0.254 e. The normalized spacial score (nSPS) is 16.2. The average Bonchev–Trinajstić information content (AvgIpc) is 3.04. The monoisotopic (exact) mass is 336 g/mol. The lowest BCUT2D eigenvalue weighted by atomic mass is 10.1. The molecule has 0 bridgehead atoms. The van der Waals surface area contributed by atoms with Crippen LogP contribution in [0, 0.1) is 0 Å². The molecular formula is C20H17ClN2O. The van der Waals surface area contributed by atoms with Gasteiger partial charge < -0.3 is 4.90 Å². The Kier molecular flexibility index (Phi) is 3.73. The number of halogens is 1. The molecule has 0 spiro atoms. The number of aromatic nitrogens is 1. The lowest BCUT2D eigenvalue weighted by Gasteiger charge is -2.25. The fraction of sp³-hybridized carbons (Fsp3) is 0.200. The highest BCUT2D eigenvalue weighted by Gasteiger charge is 2.28. The summed E-state index contributed by atoms with van der Waals surface area (Å²) in [7, 11) is 1.89. The number of carbonyl (C=O) groups excluding carboxylic acids is 1. The number of rotatable bonds is 2. The molecule has 1 amide bonds. The molecule has 1 heterocycles. The van der Waals surface area contributed by atoms with Gasteiger partial charge in [0.25, 0.3) is 5.91 Å². The zero-order chi connectivity index (χ0) is 16.7. The van der Waals surface area contributed by atoms with Gasteiger partial charge in [-0.25, -0.2) is 4.98 Å². The second kappa shape index (κ2) is 5.91. The van der Waals surface area contributed by atoms with Gasteiger partial charge in [0, 0.05) is 18.0 Å². The van der Waals surface area contributed by atoms with Gasteiger partial charge in [0.1, 0.15) is 5.15 Å². The van der Waals surface area contributed by atoms with E-state index in [0.717, 1.165) is 23.7 Å². The molecular weight excluding hydrogens is 320 g/mol. The van der Waals surface area contributed by atoms with Crippen LogP contribution in [0.2, 0.25) is 5.15 Å². The van der Waals surface area contributed by atoms with Crippen molar-refractivity contribution in [2.75, 3.05) is 7.05 Å². The van der Waals surface area contributed by atoms with Crippen LogP contribution in [0.4, 0.5) is 0 Å². The Morgan fingerprint density at radius 2 is 2.00 bits per heavy atom. The molecule has 0 radical (unpaired) electrons. The highest BCUT2D eigenvalue weighted by Crippen LogP contribution is 2.35. The van der Waals surface area contributed by atoms with E-state index in [2.05, 4.69) is 23.2 Å². The van der Waals surface area contributed by atoms with Gasteiger partial charge in [-0.05, 0) is 54.3 Å². The van der Waals surface area contributed by atoms with Crippen LogP contribution in [0.5, 0.6) is 0 Å². The lowest BCUT2D eigenvalue weighted by molar-refractivity contribution is 0.0731. The van der Waals surface area contributed by atoms with Gasteiger partial charge in [0.05, 0.1) is 11.6 Å². The first-order valence-electron chi connectivity index (χ1n) is 8.05. The second-order valence-corrected chi connectivity index (χ2v) is 6.60. The molecule has 0 aliphatic heterocycles.